The first-order valence-corrected chi connectivity index (χ1v) is 13.1. The minimum atomic E-state index is -3.92. The number of aryl methyl sites for hydroxylation is 1. The van der Waals surface area contributed by atoms with Crippen LogP contribution in [-0.2, 0) is 26.2 Å². The first kappa shape index (κ1) is 26.4. The Morgan fingerprint density at radius 3 is 2.40 bits per heavy atom. The number of hydrogen-bond donors (Lipinski definition) is 1. The van der Waals surface area contributed by atoms with E-state index in [-0.39, 0.29) is 48.2 Å². The number of sulfonamides is 1. The molecule has 3 rings (SSSR count). The fourth-order valence-corrected chi connectivity index (χ4v) is 5.64. The van der Waals surface area contributed by atoms with Gasteiger partial charge in [-0.2, -0.15) is 0 Å². The molecule has 0 aliphatic carbocycles. The van der Waals surface area contributed by atoms with Crippen molar-refractivity contribution in [1.82, 2.24) is 14.5 Å². The third-order valence-electron chi connectivity index (χ3n) is 5.76. The molecular weight excluding hydrogens is 466 g/mol. The maximum atomic E-state index is 13.3. The van der Waals surface area contributed by atoms with Crippen LogP contribution in [0.15, 0.2) is 53.4 Å². The monoisotopic (exact) mass is 499 g/mol. The van der Waals surface area contributed by atoms with Crippen molar-refractivity contribution in [2.24, 2.45) is 0 Å². The lowest BCUT2D eigenvalue weighted by Crippen LogP contribution is -2.52. The van der Waals surface area contributed by atoms with Crippen LogP contribution in [0.2, 0.25) is 0 Å². The highest BCUT2D eigenvalue weighted by atomic mass is 32.2. The molecule has 8 nitrogen and oxygen atoms in total. The number of carbonyl (C=O) groups excluding carboxylic acids is 3. The minimum Gasteiger partial charge on any atom is -0.350 e. The molecule has 0 spiro atoms. The van der Waals surface area contributed by atoms with Gasteiger partial charge in [0.15, 0.2) is 0 Å². The fourth-order valence-electron chi connectivity index (χ4n) is 4.03. The Morgan fingerprint density at radius 1 is 1.09 bits per heavy atom. The molecule has 3 amide bonds. The lowest BCUT2D eigenvalue weighted by molar-refractivity contribution is -0.141. The summed E-state index contributed by atoms with van der Waals surface area (Å²) in [6.45, 7) is 9.38. The molecule has 0 aromatic heterocycles. The van der Waals surface area contributed by atoms with Crippen LogP contribution in [0.25, 0.3) is 0 Å². The number of rotatable bonds is 8. The number of carbonyl (C=O) groups is 3. The van der Waals surface area contributed by atoms with Gasteiger partial charge in [-0.3, -0.25) is 14.4 Å². The largest absolute Gasteiger partial charge is 0.350 e. The fraction of sp³-hybridized carbons (Fsp3) is 0.423. The summed E-state index contributed by atoms with van der Waals surface area (Å²) in [5.41, 5.74) is 1.62. The molecule has 9 heteroatoms. The molecule has 0 saturated heterocycles. The standard InChI is InChI=1S/C26H33N3O5S/c1-18-10-8-11-20(16-18)17-28(19(2)24(31)27-26(3,4)5)23(30)14-9-15-29-25(32)21-12-6-7-13-22(21)35(29,33)34/h6-8,10-13,16,19H,9,14-15,17H2,1-5H3,(H,27,31). The van der Waals surface area contributed by atoms with E-state index in [4.69, 9.17) is 0 Å². The van der Waals surface area contributed by atoms with Gasteiger partial charge >= 0.3 is 0 Å². The maximum absolute atomic E-state index is 13.3. The normalized spacial score (nSPS) is 15.5. The van der Waals surface area contributed by atoms with Crippen LogP contribution < -0.4 is 5.32 Å². The average molecular weight is 500 g/mol. The van der Waals surface area contributed by atoms with Gasteiger partial charge in [0.05, 0.1) is 5.56 Å². The topological polar surface area (TPSA) is 104 Å². The molecule has 1 N–H and O–H groups in total. The Labute approximate surface area is 207 Å². The van der Waals surface area contributed by atoms with Gasteiger partial charge < -0.3 is 10.2 Å². The van der Waals surface area contributed by atoms with Crippen molar-refractivity contribution in [2.45, 2.75) is 70.5 Å². The second-order valence-corrected chi connectivity index (χ2v) is 11.7. The average Bonchev–Trinajstić information content (AvgIpc) is 2.96. The zero-order chi connectivity index (χ0) is 26.0. The zero-order valence-electron chi connectivity index (χ0n) is 20.9. The molecule has 0 saturated carbocycles. The molecule has 0 fully saturated rings. The number of benzene rings is 2. The van der Waals surface area contributed by atoms with Gasteiger partial charge in [-0.05, 0) is 58.7 Å². The van der Waals surface area contributed by atoms with Gasteiger partial charge in [-0.15, -0.1) is 0 Å². The molecule has 0 bridgehead atoms. The van der Waals surface area contributed by atoms with Gasteiger partial charge in [-0.25, -0.2) is 12.7 Å². The van der Waals surface area contributed by atoms with Crippen molar-refractivity contribution in [3.05, 3.63) is 65.2 Å². The summed E-state index contributed by atoms with van der Waals surface area (Å²) >= 11 is 0. The Bertz CT molecular complexity index is 1230. The molecular formula is C26H33N3O5S. The summed E-state index contributed by atoms with van der Waals surface area (Å²) in [7, 11) is -3.92. The highest BCUT2D eigenvalue weighted by Crippen LogP contribution is 2.30. The lowest BCUT2D eigenvalue weighted by atomic mass is 10.1. The second kappa shape index (κ2) is 10.2. The van der Waals surface area contributed by atoms with Crippen LogP contribution in [0.5, 0.6) is 0 Å². The Balaban J connectivity index is 1.73. The molecule has 35 heavy (non-hydrogen) atoms. The molecule has 1 heterocycles. The predicted molar refractivity (Wildman–Crippen MR) is 133 cm³/mol. The van der Waals surface area contributed by atoms with Crippen LogP contribution >= 0.6 is 0 Å². The van der Waals surface area contributed by atoms with Crippen molar-refractivity contribution >= 4 is 27.7 Å². The highest BCUT2D eigenvalue weighted by molar-refractivity contribution is 7.90. The van der Waals surface area contributed by atoms with Crippen molar-refractivity contribution in [2.75, 3.05) is 6.54 Å². The van der Waals surface area contributed by atoms with Gasteiger partial charge in [0.2, 0.25) is 11.8 Å². The number of nitrogens with zero attached hydrogens (tertiary/aromatic N) is 2. The van der Waals surface area contributed by atoms with Crippen LogP contribution in [0.4, 0.5) is 0 Å². The van der Waals surface area contributed by atoms with Crippen LogP contribution in [0.1, 0.15) is 62.0 Å². The van der Waals surface area contributed by atoms with Crippen LogP contribution in [0.3, 0.4) is 0 Å². The molecule has 1 aliphatic heterocycles. The Hall–Kier alpha value is -3.20. The van der Waals surface area contributed by atoms with Crippen LogP contribution in [-0.4, -0.2) is 53.5 Å². The van der Waals surface area contributed by atoms with Gasteiger partial charge in [0.25, 0.3) is 15.9 Å². The number of amides is 3. The zero-order valence-corrected chi connectivity index (χ0v) is 21.7. The van der Waals surface area contributed by atoms with Crippen LogP contribution in [0, 0.1) is 6.92 Å². The Morgan fingerprint density at radius 2 is 1.77 bits per heavy atom. The molecule has 0 radical (unpaired) electrons. The Kier molecular flexibility index (Phi) is 7.69. The molecule has 2 aromatic carbocycles. The van der Waals surface area contributed by atoms with Gasteiger partial charge in [0, 0.05) is 25.0 Å². The van der Waals surface area contributed by atoms with E-state index in [9.17, 15) is 22.8 Å². The first-order valence-electron chi connectivity index (χ1n) is 11.6. The van der Waals surface area contributed by atoms with E-state index in [1.54, 1.807) is 19.1 Å². The van der Waals surface area contributed by atoms with Crippen molar-refractivity contribution in [3.8, 4) is 0 Å². The second-order valence-electron chi connectivity index (χ2n) is 9.91. The lowest BCUT2D eigenvalue weighted by Gasteiger charge is -2.31. The quantitative estimate of drug-likeness (QED) is 0.601. The van der Waals surface area contributed by atoms with E-state index in [2.05, 4.69) is 5.32 Å². The van der Waals surface area contributed by atoms with Crippen molar-refractivity contribution in [1.29, 1.82) is 0 Å². The summed E-state index contributed by atoms with van der Waals surface area (Å²) in [4.78, 5) is 40.3. The molecule has 1 aliphatic rings. The summed E-state index contributed by atoms with van der Waals surface area (Å²) in [5, 5.41) is 2.91. The van der Waals surface area contributed by atoms with Crippen molar-refractivity contribution < 1.29 is 22.8 Å². The van der Waals surface area contributed by atoms with E-state index in [0.717, 1.165) is 15.4 Å². The van der Waals surface area contributed by atoms with E-state index >= 15 is 0 Å². The maximum Gasteiger partial charge on any atom is 0.269 e. The third kappa shape index (κ3) is 6.08. The SMILES string of the molecule is Cc1cccc(CN(C(=O)CCCN2C(=O)c3ccccc3S2(=O)=O)C(C)C(=O)NC(C)(C)C)c1. The van der Waals surface area contributed by atoms with E-state index in [1.165, 1.54) is 17.0 Å². The van der Waals surface area contributed by atoms with E-state index in [1.807, 2.05) is 52.0 Å². The van der Waals surface area contributed by atoms with Gasteiger partial charge in [-0.1, -0.05) is 42.0 Å². The summed E-state index contributed by atoms with van der Waals surface area (Å²) < 4.78 is 26.4. The molecule has 1 unspecified atom stereocenters. The molecule has 188 valence electrons. The predicted octanol–water partition coefficient (Wildman–Crippen LogP) is 3.25. The number of hydrogen-bond acceptors (Lipinski definition) is 5. The number of nitrogens with one attached hydrogen (secondary N) is 1. The van der Waals surface area contributed by atoms with E-state index in [0.29, 0.717) is 0 Å². The summed E-state index contributed by atoms with van der Waals surface area (Å²) in [6, 6.07) is 13.1. The third-order valence-corrected chi connectivity index (χ3v) is 7.61. The van der Waals surface area contributed by atoms with Crippen molar-refractivity contribution in [3.63, 3.8) is 0 Å². The minimum absolute atomic E-state index is 0.00536. The first-order chi connectivity index (χ1) is 16.3. The smallest absolute Gasteiger partial charge is 0.269 e. The summed E-state index contributed by atoms with van der Waals surface area (Å²) in [5.74, 6) is -1.14. The summed E-state index contributed by atoms with van der Waals surface area (Å²) in [6.07, 6.45) is 0.143. The van der Waals surface area contributed by atoms with E-state index < -0.39 is 27.5 Å². The highest BCUT2D eigenvalue weighted by Gasteiger charge is 2.40. The molecule has 1 atom stereocenters. The molecule has 2 aromatic rings. The van der Waals surface area contributed by atoms with Gasteiger partial charge in [0.1, 0.15) is 10.9 Å². The number of fused-ring (bicyclic) bond motifs is 1.